The van der Waals surface area contributed by atoms with Crippen molar-refractivity contribution in [2.45, 2.75) is 117 Å². The molecule has 4 bridgehead atoms. The maximum atomic E-state index is 11.2. The zero-order valence-electron chi connectivity index (χ0n) is 22.5. The number of carbonyl (C=O) groups is 1. The molecule has 0 radical (unpaired) electrons. The molecule has 0 aliphatic carbocycles. The largest absolute Gasteiger partial charge is 0.394 e. The van der Waals surface area contributed by atoms with Crippen LogP contribution in [0.1, 0.15) is 0 Å². The van der Waals surface area contributed by atoms with Crippen LogP contribution in [0, 0.1) is 0 Å². The molecular weight excluding hydrogens is 592 g/mol. The summed E-state index contributed by atoms with van der Waals surface area (Å²) in [5.74, 6) is 0. The van der Waals surface area contributed by atoms with Crippen molar-refractivity contribution in [3.8, 4) is 0 Å². The zero-order chi connectivity index (χ0) is 31.2. The highest BCUT2D eigenvalue weighted by Gasteiger charge is 2.58. The van der Waals surface area contributed by atoms with Crippen LogP contribution in [0.25, 0.3) is 0 Å². The van der Waals surface area contributed by atoms with Gasteiger partial charge in [-0.1, -0.05) is 0 Å². The van der Waals surface area contributed by atoms with Gasteiger partial charge in [0.25, 0.3) is 0 Å². The van der Waals surface area contributed by atoms with E-state index in [0.29, 0.717) is 0 Å². The molecule has 10 N–H and O–H groups in total. The number of hydrogen-bond acceptors (Lipinski definition) is 19. The normalized spacial score (nSPS) is 48.9. The third kappa shape index (κ3) is 6.35. The lowest BCUT2D eigenvalue weighted by Crippen LogP contribution is -2.65. The van der Waals surface area contributed by atoms with Crippen LogP contribution in [-0.4, -0.2) is 200 Å². The Balaban J connectivity index is 1.26. The predicted molar refractivity (Wildman–Crippen MR) is 128 cm³/mol. The van der Waals surface area contributed by atoms with Crippen molar-refractivity contribution in [3.63, 3.8) is 0 Å². The average molecular weight is 631 g/mol. The highest BCUT2D eigenvalue weighted by Crippen LogP contribution is 2.37. The van der Waals surface area contributed by atoms with Gasteiger partial charge in [-0.3, -0.25) is 0 Å². The van der Waals surface area contributed by atoms with Gasteiger partial charge in [-0.2, -0.15) is 0 Å². The Morgan fingerprint density at radius 2 is 1.33 bits per heavy atom. The minimum atomic E-state index is -1.97. The summed E-state index contributed by atoms with van der Waals surface area (Å²) in [6, 6.07) is 0. The molecule has 19 heteroatoms. The molecule has 19 atom stereocenters. The van der Waals surface area contributed by atoms with Gasteiger partial charge in [0.2, 0.25) is 0 Å². The van der Waals surface area contributed by atoms with E-state index in [1.807, 2.05) is 0 Å². The van der Waals surface area contributed by atoms with Crippen molar-refractivity contribution >= 4 is 6.29 Å². The summed E-state index contributed by atoms with van der Waals surface area (Å²) in [5.41, 5.74) is 0. The fraction of sp³-hybridized carbons (Fsp3) is 0.958. The van der Waals surface area contributed by atoms with Gasteiger partial charge in [-0.05, 0) is 0 Å². The van der Waals surface area contributed by atoms with Gasteiger partial charge in [0, 0.05) is 0 Å². The topological polar surface area (TPSA) is 293 Å². The molecule has 5 rings (SSSR count). The van der Waals surface area contributed by atoms with Crippen molar-refractivity contribution in [1.82, 2.24) is 0 Å². The van der Waals surface area contributed by atoms with E-state index in [9.17, 15) is 50.8 Å². The van der Waals surface area contributed by atoms with Gasteiger partial charge in [0.15, 0.2) is 25.2 Å². The van der Waals surface area contributed by atoms with Crippen LogP contribution >= 0.6 is 0 Å². The van der Waals surface area contributed by atoms with E-state index in [2.05, 4.69) is 0 Å². The van der Waals surface area contributed by atoms with E-state index in [0.717, 1.165) is 0 Å². The number of aldehydes is 1. The average Bonchev–Trinajstić information content (AvgIpc) is 3.46. The first-order valence-electron chi connectivity index (χ1n) is 13.8. The summed E-state index contributed by atoms with van der Waals surface area (Å²) in [6.07, 6.45) is -27.9. The molecule has 43 heavy (non-hydrogen) atoms. The number of hydrogen-bond donors (Lipinski definition) is 10. The van der Waals surface area contributed by atoms with Crippen LogP contribution in [0.2, 0.25) is 0 Å². The SMILES string of the molecule is O=C[C@H](O)[C@@H](O[C@@H]1O[C@H]2CO[C@@H]([C@@H]1O)[C@@H]2O[C@@H]1O[C@H](CO)[C@H](O)[C@H](O[C@@H]2O[C@H]3CO[C@@H]([C@@H]2O)[C@@H]3O)[C@H]1O)[C@@H](O)[C@H](O)CO. The summed E-state index contributed by atoms with van der Waals surface area (Å²) in [7, 11) is 0. The quantitative estimate of drug-likeness (QED) is 0.0895. The lowest BCUT2D eigenvalue weighted by molar-refractivity contribution is -0.367. The summed E-state index contributed by atoms with van der Waals surface area (Å²) in [4.78, 5) is 11.2. The van der Waals surface area contributed by atoms with Crippen LogP contribution in [-0.2, 0) is 42.7 Å². The van der Waals surface area contributed by atoms with Crippen LogP contribution < -0.4 is 0 Å². The number of rotatable bonds is 12. The first-order chi connectivity index (χ1) is 20.5. The van der Waals surface area contributed by atoms with Crippen molar-refractivity contribution in [2.75, 3.05) is 26.4 Å². The van der Waals surface area contributed by atoms with E-state index in [1.54, 1.807) is 0 Å². The molecule has 5 aliphatic rings. The van der Waals surface area contributed by atoms with Gasteiger partial charge < -0.3 is 93.8 Å². The molecular formula is C24H38O19. The van der Waals surface area contributed by atoms with Crippen LogP contribution in [0.3, 0.4) is 0 Å². The Bertz CT molecular complexity index is 929. The molecule has 0 unspecified atom stereocenters. The molecule has 0 spiro atoms. The minimum Gasteiger partial charge on any atom is -0.394 e. The fourth-order valence-corrected chi connectivity index (χ4v) is 5.82. The Morgan fingerprint density at radius 3 is 2.00 bits per heavy atom. The standard InChI is InChI=1S/C24H38O19/c25-1-6(28)11(30)17(7(29)2-26)41-24-16(35)21-18(10(40-24)5-37-21)42-23-15(34)20(12(31)8(3-27)38-23)43-22-14(33)19-13(32)9(39-22)4-36-19/h2,6-25,27-35H,1,3-5H2/t6-,7+,8-,9+,10+,11+,12+,13-,14+,15-,16+,17-,18-,19-,20+,21+,22+,23+,24+/m1/s1. The monoisotopic (exact) mass is 630 g/mol. The second kappa shape index (κ2) is 13.7. The third-order valence-electron chi connectivity index (χ3n) is 8.25. The van der Waals surface area contributed by atoms with Gasteiger partial charge in [-0.15, -0.1) is 0 Å². The fourth-order valence-electron chi connectivity index (χ4n) is 5.82. The van der Waals surface area contributed by atoms with E-state index < -0.39 is 130 Å². The number of carbonyl (C=O) groups excluding carboxylic acids is 1. The van der Waals surface area contributed by atoms with Gasteiger partial charge in [-0.25, -0.2) is 0 Å². The number of aliphatic hydroxyl groups excluding tert-OH is 10. The summed E-state index contributed by atoms with van der Waals surface area (Å²) < 4.78 is 44.7. The number of fused-ring (bicyclic) bond motifs is 4. The Morgan fingerprint density at radius 1 is 0.721 bits per heavy atom. The zero-order valence-corrected chi connectivity index (χ0v) is 22.5. The van der Waals surface area contributed by atoms with Crippen LogP contribution in [0.4, 0.5) is 0 Å². The summed E-state index contributed by atoms with van der Waals surface area (Å²) in [6.45, 7) is -1.84. The molecule has 0 aromatic rings. The lowest BCUT2D eigenvalue weighted by atomic mass is 9.97. The second-order valence-corrected chi connectivity index (χ2v) is 11.0. The van der Waals surface area contributed by atoms with E-state index in [1.165, 1.54) is 0 Å². The molecule has 0 saturated carbocycles. The number of aliphatic hydroxyl groups is 10. The van der Waals surface area contributed by atoms with Crippen molar-refractivity contribution in [3.05, 3.63) is 0 Å². The Labute approximate surface area is 243 Å². The maximum Gasteiger partial charge on any atom is 0.187 e. The summed E-state index contributed by atoms with van der Waals surface area (Å²) in [5, 5.41) is 102. The Hall–Kier alpha value is -1.05. The van der Waals surface area contributed by atoms with Crippen molar-refractivity contribution < 1.29 is 93.8 Å². The number of ether oxygens (including phenoxy) is 8. The predicted octanol–water partition coefficient (Wildman–Crippen LogP) is -7.81. The lowest BCUT2D eigenvalue weighted by Gasteiger charge is -2.46. The smallest absolute Gasteiger partial charge is 0.187 e. The van der Waals surface area contributed by atoms with E-state index in [4.69, 9.17) is 43.0 Å². The molecule has 5 saturated heterocycles. The summed E-state index contributed by atoms with van der Waals surface area (Å²) >= 11 is 0. The third-order valence-corrected chi connectivity index (χ3v) is 8.25. The van der Waals surface area contributed by atoms with Crippen molar-refractivity contribution in [1.29, 1.82) is 0 Å². The molecule has 0 aromatic carbocycles. The van der Waals surface area contributed by atoms with Crippen molar-refractivity contribution in [2.24, 2.45) is 0 Å². The maximum absolute atomic E-state index is 11.2. The van der Waals surface area contributed by atoms with E-state index in [-0.39, 0.29) is 19.5 Å². The van der Waals surface area contributed by atoms with Gasteiger partial charge >= 0.3 is 0 Å². The van der Waals surface area contributed by atoms with Gasteiger partial charge in [0.1, 0.15) is 97.7 Å². The van der Waals surface area contributed by atoms with Crippen LogP contribution in [0.5, 0.6) is 0 Å². The first kappa shape index (κ1) is 33.3. The molecule has 0 aromatic heterocycles. The van der Waals surface area contributed by atoms with Gasteiger partial charge in [0.05, 0.1) is 26.4 Å². The molecule has 5 aliphatic heterocycles. The minimum absolute atomic E-state index is 0.0139. The Kier molecular flexibility index (Phi) is 10.7. The molecule has 5 heterocycles. The molecule has 0 amide bonds. The highest BCUT2D eigenvalue weighted by molar-refractivity contribution is 5.56. The van der Waals surface area contributed by atoms with E-state index >= 15 is 0 Å². The molecule has 248 valence electrons. The second-order valence-electron chi connectivity index (χ2n) is 11.0. The molecule has 19 nitrogen and oxygen atoms in total. The molecule has 5 fully saturated rings. The highest BCUT2D eigenvalue weighted by atomic mass is 16.8. The first-order valence-corrected chi connectivity index (χ1v) is 13.8. The van der Waals surface area contributed by atoms with Crippen LogP contribution in [0.15, 0.2) is 0 Å².